The SMILES string of the molecule is CC1(C)CC(OC(=O)CN(CC(=O)OC2CC(C)(C)NC(C)(C)C2)C(=O)C(=O)N(CC(=O)OC2CC(C)(C)NC(C)(C)C2)CC(=O)OC2CC(C)(C)NC(C)(C)C2)CC(C)(C)N1. The number of rotatable bonds is 12. The summed E-state index contributed by atoms with van der Waals surface area (Å²) in [6, 6.07) is 0. The summed E-state index contributed by atoms with van der Waals surface area (Å²) in [4.78, 5) is 85.2. The third-order valence-corrected chi connectivity index (χ3v) is 11.8. The maximum absolute atomic E-state index is 14.4. The molecule has 4 aliphatic rings. The van der Waals surface area contributed by atoms with E-state index in [1.807, 2.05) is 111 Å². The Morgan fingerprint density at radius 2 is 0.484 bits per heavy atom. The Labute approximate surface area is 370 Å². The normalized spacial score (nSPS) is 25.1. The first-order valence-corrected chi connectivity index (χ1v) is 22.5. The van der Waals surface area contributed by atoms with E-state index in [0.29, 0.717) is 51.4 Å². The van der Waals surface area contributed by atoms with Crippen molar-refractivity contribution < 1.29 is 47.7 Å². The molecule has 2 amide bonds. The number of esters is 4. The molecule has 16 heteroatoms. The highest BCUT2D eigenvalue weighted by molar-refractivity contribution is 6.36. The summed E-state index contributed by atoms with van der Waals surface area (Å²) in [5.74, 6) is -5.86. The summed E-state index contributed by atoms with van der Waals surface area (Å²) in [5, 5.41) is 14.2. The average Bonchev–Trinajstić information content (AvgIpc) is 2.96. The van der Waals surface area contributed by atoms with Crippen LogP contribution < -0.4 is 21.3 Å². The van der Waals surface area contributed by atoms with Gasteiger partial charge in [-0.2, -0.15) is 0 Å². The highest BCUT2D eigenvalue weighted by Gasteiger charge is 2.44. The van der Waals surface area contributed by atoms with Crippen LogP contribution in [0.4, 0.5) is 0 Å². The topological polar surface area (TPSA) is 194 Å². The first kappa shape index (κ1) is 51.3. The highest BCUT2D eigenvalue weighted by Crippen LogP contribution is 2.34. The lowest BCUT2D eigenvalue weighted by Gasteiger charge is -2.46. The maximum Gasteiger partial charge on any atom is 0.325 e. The molecule has 4 saturated heterocycles. The van der Waals surface area contributed by atoms with Crippen LogP contribution in [0.2, 0.25) is 0 Å². The molecule has 4 fully saturated rings. The fourth-order valence-electron chi connectivity index (χ4n) is 11.4. The Morgan fingerprint density at radius 3 is 0.629 bits per heavy atom. The summed E-state index contributed by atoms with van der Waals surface area (Å²) < 4.78 is 23.7. The van der Waals surface area contributed by atoms with Gasteiger partial charge in [0.05, 0.1) is 0 Å². The van der Waals surface area contributed by atoms with Crippen molar-refractivity contribution in [1.82, 2.24) is 31.1 Å². The average molecular weight is 877 g/mol. The molecule has 0 atom stereocenters. The minimum Gasteiger partial charge on any atom is -0.461 e. The fraction of sp³-hybridized carbons (Fsp3) is 0.870. The van der Waals surface area contributed by atoms with Crippen molar-refractivity contribution in [2.45, 2.75) is 231 Å². The lowest BCUT2D eigenvalue weighted by Crippen LogP contribution is -2.60. The van der Waals surface area contributed by atoms with Gasteiger partial charge in [0.1, 0.15) is 50.6 Å². The molecule has 0 radical (unpaired) electrons. The van der Waals surface area contributed by atoms with Crippen molar-refractivity contribution in [2.75, 3.05) is 26.2 Å². The van der Waals surface area contributed by atoms with Crippen molar-refractivity contribution in [2.24, 2.45) is 0 Å². The van der Waals surface area contributed by atoms with Gasteiger partial charge in [0.15, 0.2) is 0 Å². The van der Waals surface area contributed by atoms with Crippen molar-refractivity contribution in [3.8, 4) is 0 Å². The van der Waals surface area contributed by atoms with Crippen LogP contribution in [0.1, 0.15) is 162 Å². The number of nitrogens with one attached hydrogen (secondary N) is 4. The second kappa shape index (κ2) is 18.3. The van der Waals surface area contributed by atoms with Crippen LogP contribution >= 0.6 is 0 Å². The van der Waals surface area contributed by atoms with Crippen LogP contribution in [0.15, 0.2) is 0 Å². The van der Waals surface area contributed by atoms with E-state index >= 15 is 0 Å². The number of carbonyl (C=O) groups is 6. The third kappa shape index (κ3) is 16.0. The van der Waals surface area contributed by atoms with Crippen LogP contribution in [-0.4, -0.2) is 140 Å². The maximum atomic E-state index is 14.4. The van der Waals surface area contributed by atoms with Gasteiger partial charge in [0, 0.05) is 95.7 Å². The molecule has 4 aliphatic heterocycles. The molecular formula is C46H80N6O10. The number of carbonyl (C=O) groups excluding carboxylic acids is 6. The van der Waals surface area contributed by atoms with E-state index in [1.165, 1.54) is 0 Å². The monoisotopic (exact) mass is 877 g/mol. The fourth-order valence-corrected chi connectivity index (χ4v) is 11.4. The number of piperidine rings is 4. The molecule has 0 aromatic heterocycles. The third-order valence-electron chi connectivity index (χ3n) is 11.8. The van der Waals surface area contributed by atoms with Crippen molar-refractivity contribution >= 4 is 35.7 Å². The van der Waals surface area contributed by atoms with Gasteiger partial charge in [0.25, 0.3) is 0 Å². The molecule has 0 saturated carbocycles. The van der Waals surface area contributed by atoms with Gasteiger partial charge in [-0.1, -0.05) is 0 Å². The molecule has 4 heterocycles. The van der Waals surface area contributed by atoms with Gasteiger partial charge in [-0.15, -0.1) is 0 Å². The number of nitrogens with zero attached hydrogens (tertiary/aromatic N) is 2. The van der Waals surface area contributed by atoms with E-state index in [-0.39, 0.29) is 44.3 Å². The Hall–Kier alpha value is -3.34. The zero-order valence-electron chi connectivity index (χ0n) is 40.8. The summed E-state index contributed by atoms with van der Waals surface area (Å²) >= 11 is 0. The summed E-state index contributed by atoms with van der Waals surface area (Å²) in [5.41, 5.74) is -2.88. The smallest absolute Gasteiger partial charge is 0.325 e. The number of amides is 2. The molecule has 0 spiro atoms. The first-order chi connectivity index (χ1) is 27.9. The minimum absolute atomic E-state index is 0.360. The molecule has 0 unspecified atom stereocenters. The molecule has 0 aliphatic carbocycles. The van der Waals surface area contributed by atoms with Crippen LogP contribution in [0.5, 0.6) is 0 Å². The lowest BCUT2D eigenvalue weighted by molar-refractivity contribution is -0.169. The molecule has 354 valence electrons. The van der Waals surface area contributed by atoms with Crippen molar-refractivity contribution in [3.05, 3.63) is 0 Å². The molecule has 0 bridgehead atoms. The zero-order chi connectivity index (χ0) is 47.1. The van der Waals surface area contributed by atoms with E-state index < -0.39 is 86.3 Å². The quantitative estimate of drug-likeness (QED) is 0.125. The number of ether oxygens (including phenoxy) is 4. The van der Waals surface area contributed by atoms with E-state index in [0.717, 1.165) is 9.80 Å². The van der Waals surface area contributed by atoms with E-state index in [9.17, 15) is 28.8 Å². The van der Waals surface area contributed by atoms with E-state index in [1.54, 1.807) is 0 Å². The Morgan fingerprint density at radius 1 is 0.339 bits per heavy atom. The van der Waals surface area contributed by atoms with Gasteiger partial charge in [0.2, 0.25) is 0 Å². The number of hydrogen-bond donors (Lipinski definition) is 4. The first-order valence-electron chi connectivity index (χ1n) is 22.5. The minimum atomic E-state index is -1.29. The van der Waals surface area contributed by atoms with Crippen molar-refractivity contribution in [3.63, 3.8) is 0 Å². The van der Waals surface area contributed by atoms with Gasteiger partial charge >= 0.3 is 35.7 Å². The summed E-state index contributed by atoms with van der Waals surface area (Å²) in [6.07, 6.45) is 1.90. The molecular weight excluding hydrogens is 797 g/mol. The zero-order valence-corrected chi connectivity index (χ0v) is 40.8. The second-order valence-corrected chi connectivity index (χ2v) is 24.0. The van der Waals surface area contributed by atoms with Gasteiger partial charge in [-0.05, 0) is 111 Å². The Balaban J connectivity index is 1.60. The molecule has 4 N–H and O–H groups in total. The second-order valence-electron chi connectivity index (χ2n) is 24.0. The van der Waals surface area contributed by atoms with Gasteiger partial charge in [-0.3, -0.25) is 28.8 Å². The summed E-state index contributed by atoms with van der Waals surface area (Å²) in [6.45, 7) is 29.1. The molecule has 0 aromatic carbocycles. The molecule has 62 heavy (non-hydrogen) atoms. The van der Waals surface area contributed by atoms with Crippen LogP contribution in [0.25, 0.3) is 0 Å². The molecule has 4 rings (SSSR count). The molecule has 0 aromatic rings. The van der Waals surface area contributed by atoms with Gasteiger partial charge < -0.3 is 50.0 Å². The van der Waals surface area contributed by atoms with Gasteiger partial charge in [-0.25, -0.2) is 0 Å². The van der Waals surface area contributed by atoms with Crippen LogP contribution in [0.3, 0.4) is 0 Å². The largest absolute Gasteiger partial charge is 0.461 e. The number of hydrogen-bond acceptors (Lipinski definition) is 14. The van der Waals surface area contributed by atoms with Crippen LogP contribution in [-0.2, 0) is 47.7 Å². The summed E-state index contributed by atoms with van der Waals surface area (Å²) in [7, 11) is 0. The predicted molar refractivity (Wildman–Crippen MR) is 235 cm³/mol. The Bertz CT molecular complexity index is 1410. The van der Waals surface area contributed by atoms with E-state index in [4.69, 9.17) is 18.9 Å². The predicted octanol–water partition coefficient (Wildman–Crippen LogP) is 4.05. The lowest BCUT2D eigenvalue weighted by atomic mass is 9.81. The van der Waals surface area contributed by atoms with Crippen LogP contribution in [0, 0.1) is 0 Å². The van der Waals surface area contributed by atoms with E-state index in [2.05, 4.69) is 21.3 Å². The standard InChI is InChI=1S/C46H80N6O10/c1-39(2)17-29(18-40(3,4)47-39)59-33(53)25-51(26-34(54)60-30-19-41(5,6)48-42(7,8)20-30)37(57)38(58)52(27-35(55)61-31-21-43(9,10)49-44(11,12)22-31)28-36(56)62-32-23-45(13,14)50-46(15,16)24-32/h29-32,47-50H,17-28H2,1-16H3. The van der Waals surface area contributed by atoms with Crippen molar-refractivity contribution in [1.29, 1.82) is 0 Å². The Kier molecular flexibility index (Phi) is 15.1. The molecule has 16 nitrogen and oxygen atoms in total. The highest BCUT2D eigenvalue weighted by atomic mass is 16.6.